The van der Waals surface area contributed by atoms with Crippen LogP contribution in [0.2, 0.25) is 0 Å². The van der Waals surface area contributed by atoms with Gasteiger partial charge in [-0.15, -0.1) is 0 Å². The molecule has 140 valence electrons. The molecular formula is C22H28O4. The summed E-state index contributed by atoms with van der Waals surface area (Å²) >= 11 is 0. The molecule has 4 nitrogen and oxygen atoms in total. The number of phenols is 2. The van der Waals surface area contributed by atoms with Crippen LogP contribution in [0.1, 0.15) is 80.6 Å². The molecule has 2 N–H and O–H groups in total. The predicted octanol–water partition coefficient (Wildman–Crippen LogP) is 4.58. The first-order valence-corrected chi connectivity index (χ1v) is 9.93. The van der Waals surface area contributed by atoms with Crippen molar-refractivity contribution in [3.63, 3.8) is 0 Å². The summed E-state index contributed by atoms with van der Waals surface area (Å²) in [6.07, 6.45) is 6.28. The summed E-state index contributed by atoms with van der Waals surface area (Å²) in [5.41, 5.74) is 0.758. The Morgan fingerprint density at radius 3 is 2.23 bits per heavy atom. The number of carbonyl (C=O) groups is 2. The second-order valence-electron chi connectivity index (χ2n) is 9.12. The van der Waals surface area contributed by atoms with E-state index in [0.717, 1.165) is 32.1 Å². The average molecular weight is 356 g/mol. The summed E-state index contributed by atoms with van der Waals surface area (Å²) in [5.74, 6) is 0.389. The number of fused-ring (bicyclic) bond motifs is 2. The molecule has 4 saturated carbocycles. The minimum Gasteiger partial charge on any atom is -0.507 e. The van der Waals surface area contributed by atoms with Crippen molar-refractivity contribution in [2.45, 2.75) is 64.7 Å². The Balaban J connectivity index is 1.64. The quantitative estimate of drug-likeness (QED) is 0.778. The van der Waals surface area contributed by atoms with E-state index in [2.05, 4.69) is 13.8 Å². The molecule has 4 aliphatic rings. The second-order valence-corrected chi connectivity index (χ2v) is 9.12. The fraction of sp³-hybridized carbons (Fsp3) is 0.636. The van der Waals surface area contributed by atoms with Gasteiger partial charge in [0.05, 0.1) is 0 Å². The van der Waals surface area contributed by atoms with E-state index in [0.29, 0.717) is 17.5 Å². The van der Waals surface area contributed by atoms with Gasteiger partial charge >= 0.3 is 0 Å². The van der Waals surface area contributed by atoms with Gasteiger partial charge in [0.2, 0.25) is 0 Å². The molecule has 5 rings (SSSR count). The summed E-state index contributed by atoms with van der Waals surface area (Å²) in [5, 5.41) is 21.3. The molecule has 0 aliphatic heterocycles. The van der Waals surface area contributed by atoms with Crippen molar-refractivity contribution in [1.82, 2.24) is 0 Å². The molecule has 0 amide bonds. The zero-order chi connectivity index (χ0) is 18.6. The molecule has 0 spiro atoms. The molecule has 4 heteroatoms. The third-order valence-corrected chi connectivity index (χ3v) is 7.41. The van der Waals surface area contributed by atoms with Gasteiger partial charge in [-0.25, -0.2) is 0 Å². The van der Waals surface area contributed by atoms with Crippen molar-refractivity contribution in [2.24, 2.45) is 23.2 Å². The molecule has 0 saturated heterocycles. The third-order valence-electron chi connectivity index (χ3n) is 7.41. The number of hydrogen-bond donors (Lipinski definition) is 2. The van der Waals surface area contributed by atoms with Crippen LogP contribution in [0.4, 0.5) is 0 Å². The summed E-state index contributed by atoms with van der Waals surface area (Å²) in [4.78, 5) is 25.2. The lowest BCUT2D eigenvalue weighted by molar-refractivity contribution is -0.151. The van der Waals surface area contributed by atoms with Crippen molar-refractivity contribution in [2.75, 3.05) is 0 Å². The van der Waals surface area contributed by atoms with Crippen molar-refractivity contribution >= 4 is 11.6 Å². The molecule has 2 unspecified atom stereocenters. The highest BCUT2D eigenvalue weighted by Crippen LogP contribution is 2.64. The minimum absolute atomic E-state index is 0.00372. The van der Waals surface area contributed by atoms with Gasteiger partial charge in [-0.3, -0.25) is 9.59 Å². The number of aromatic hydroxyl groups is 2. The third kappa shape index (κ3) is 2.57. The predicted molar refractivity (Wildman–Crippen MR) is 98.4 cm³/mol. The molecule has 0 heterocycles. The van der Waals surface area contributed by atoms with Crippen molar-refractivity contribution in [3.05, 3.63) is 23.3 Å². The Kier molecular flexibility index (Phi) is 4.13. The van der Waals surface area contributed by atoms with Gasteiger partial charge in [-0.2, -0.15) is 0 Å². The van der Waals surface area contributed by atoms with E-state index in [1.54, 1.807) is 0 Å². The highest BCUT2D eigenvalue weighted by molar-refractivity contribution is 5.99. The van der Waals surface area contributed by atoms with Gasteiger partial charge in [-0.1, -0.05) is 33.1 Å². The first-order valence-electron chi connectivity index (χ1n) is 9.93. The molecular weight excluding hydrogens is 328 g/mol. The van der Waals surface area contributed by atoms with Gasteiger partial charge < -0.3 is 10.2 Å². The largest absolute Gasteiger partial charge is 0.507 e. The van der Waals surface area contributed by atoms with Crippen LogP contribution >= 0.6 is 0 Å². The van der Waals surface area contributed by atoms with Crippen LogP contribution in [-0.2, 0) is 4.79 Å². The van der Waals surface area contributed by atoms with Crippen LogP contribution < -0.4 is 0 Å². The zero-order valence-corrected chi connectivity index (χ0v) is 15.6. The van der Waals surface area contributed by atoms with E-state index >= 15 is 0 Å². The monoisotopic (exact) mass is 356 g/mol. The Morgan fingerprint density at radius 2 is 1.69 bits per heavy atom. The molecule has 0 radical (unpaired) electrons. The highest BCUT2D eigenvalue weighted by Gasteiger charge is 2.59. The van der Waals surface area contributed by atoms with E-state index < -0.39 is 0 Å². The lowest BCUT2D eigenvalue weighted by Gasteiger charge is -2.59. The summed E-state index contributed by atoms with van der Waals surface area (Å²) < 4.78 is 0. The molecule has 1 aromatic carbocycles. The Labute approximate surface area is 154 Å². The van der Waals surface area contributed by atoms with Crippen LogP contribution in [0.3, 0.4) is 0 Å². The fourth-order valence-corrected chi connectivity index (χ4v) is 5.74. The van der Waals surface area contributed by atoms with Crippen LogP contribution in [0.5, 0.6) is 11.5 Å². The number of phenolic OH excluding ortho intramolecular Hbond substituents is 2. The Hall–Kier alpha value is -1.84. The van der Waals surface area contributed by atoms with Gasteiger partial charge in [0, 0.05) is 35.3 Å². The number of Topliss-reactive ketones (excluding diaryl/α,β-unsaturated/α-hetero) is 2. The molecule has 4 aliphatic carbocycles. The smallest absolute Gasteiger partial charge is 0.166 e. The van der Waals surface area contributed by atoms with Gasteiger partial charge in [0.15, 0.2) is 5.78 Å². The van der Waals surface area contributed by atoms with E-state index in [9.17, 15) is 19.8 Å². The molecule has 1 aromatic rings. The number of hydrogen-bond acceptors (Lipinski definition) is 4. The van der Waals surface area contributed by atoms with E-state index in [1.165, 1.54) is 18.6 Å². The molecule has 0 aromatic heterocycles. The Bertz CT molecular complexity index is 734. The number of rotatable bonds is 3. The van der Waals surface area contributed by atoms with Gasteiger partial charge in [0.25, 0.3) is 0 Å². The van der Waals surface area contributed by atoms with Gasteiger partial charge in [-0.05, 0) is 42.7 Å². The van der Waals surface area contributed by atoms with Crippen LogP contribution in [0, 0.1) is 23.2 Å². The molecule has 4 fully saturated rings. The summed E-state index contributed by atoms with van der Waals surface area (Å²) in [7, 11) is 0. The highest BCUT2D eigenvalue weighted by atomic mass is 16.3. The first kappa shape index (κ1) is 17.6. The molecule has 2 bridgehead atoms. The van der Waals surface area contributed by atoms with Crippen molar-refractivity contribution < 1.29 is 19.8 Å². The fourth-order valence-electron chi connectivity index (χ4n) is 5.74. The van der Waals surface area contributed by atoms with E-state index in [4.69, 9.17) is 0 Å². The number of benzene rings is 1. The molecule has 26 heavy (non-hydrogen) atoms. The zero-order valence-electron chi connectivity index (χ0n) is 15.6. The van der Waals surface area contributed by atoms with E-state index in [1.807, 2.05) is 0 Å². The summed E-state index contributed by atoms with van der Waals surface area (Å²) in [6, 6.07) is 3.02. The Morgan fingerprint density at radius 1 is 1.08 bits per heavy atom. The normalized spacial score (nSPS) is 30.7. The van der Waals surface area contributed by atoms with Gasteiger partial charge in [0.1, 0.15) is 17.3 Å². The minimum atomic E-state index is -0.165. The van der Waals surface area contributed by atoms with Crippen LogP contribution in [0.15, 0.2) is 12.1 Å². The lowest BCUT2D eigenvalue weighted by Crippen LogP contribution is -2.56. The number of carbonyl (C=O) groups excluding carboxylic acids is 2. The lowest BCUT2D eigenvalue weighted by atomic mass is 9.44. The van der Waals surface area contributed by atoms with Crippen LogP contribution in [0.25, 0.3) is 0 Å². The van der Waals surface area contributed by atoms with Crippen molar-refractivity contribution in [3.8, 4) is 11.5 Å². The van der Waals surface area contributed by atoms with E-state index in [-0.39, 0.29) is 52.2 Å². The SMILES string of the molecule is CC1(C)C2CC1[C@H](c1c(O)cc(C(=O)C3CCCCC3)cc1O)CC2=O. The van der Waals surface area contributed by atoms with Crippen molar-refractivity contribution in [1.29, 1.82) is 0 Å². The number of ketones is 2. The standard InChI is InChI=1S/C22H28O4/c1-22(2)15-11-16(22)17(23)10-14(15)20-18(24)8-13(9-19(20)25)21(26)12-6-4-3-5-7-12/h8-9,12,14-16,24-25H,3-7,10-11H2,1-2H3/t14-,15?,16?/m1/s1. The average Bonchev–Trinajstić information content (AvgIpc) is 2.60. The second kappa shape index (κ2) is 6.11. The molecule has 3 atom stereocenters. The maximum absolute atomic E-state index is 12.7. The topological polar surface area (TPSA) is 74.6 Å². The maximum Gasteiger partial charge on any atom is 0.166 e. The first-order chi connectivity index (χ1) is 12.3. The summed E-state index contributed by atoms with van der Waals surface area (Å²) in [6.45, 7) is 4.20. The maximum atomic E-state index is 12.7. The van der Waals surface area contributed by atoms with Crippen LogP contribution in [-0.4, -0.2) is 21.8 Å².